The summed E-state index contributed by atoms with van der Waals surface area (Å²) in [4.78, 5) is 0. The van der Waals surface area contributed by atoms with E-state index >= 15 is 0 Å². The first-order chi connectivity index (χ1) is 11.2. The summed E-state index contributed by atoms with van der Waals surface area (Å²) in [5.74, 6) is 0.759. The Bertz CT molecular complexity index is 857. The molecule has 1 heteroatoms. The van der Waals surface area contributed by atoms with E-state index in [0.29, 0.717) is 0 Å². The molecule has 1 heterocycles. The van der Waals surface area contributed by atoms with Gasteiger partial charge in [0.15, 0.2) is 6.20 Å². The molecule has 1 aromatic heterocycles. The largest absolute Gasteiger partial charge is 0.220 e. The number of pyridine rings is 1. The third-order valence-corrected chi connectivity index (χ3v) is 5.39. The van der Waals surface area contributed by atoms with E-state index in [1.54, 1.807) is 0 Å². The summed E-state index contributed by atoms with van der Waals surface area (Å²) >= 11 is 0. The number of benzene rings is 2. The van der Waals surface area contributed by atoms with Crippen LogP contribution in [-0.4, -0.2) is 0 Å². The topological polar surface area (TPSA) is 3.88 Å². The highest BCUT2D eigenvalue weighted by atomic mass is 14.9. The maximum Gasteiger partial charge on any atom is 0.220 e. The zero-order valence-corrected chi connectivity index (χ0v) is 14.0. The van der Waals surface area contributed by atoms with Crippen LogP contribution in [-0.2, 0) is 7.05 Å². The van der Waals surface area contributed by atoms with Crippen LogP contribution in [0.25, 0.3) is 22.0 Å². The monoisotopic (exact) mass is 302 g/mol. The molecular weight excluding hydrogens is 278 g/mol. The Morgan fingerprint density at radius 2 is 1.74 bits per heavy atom. The van der Waals surface area contributed by atoms with Crippen molar-refractivity contribution in [3.63, 3.8) is 0 Å². The third-order valence-electron chi connectivity index (χ3n) is 5.39. The number of hydrogen-bond acceptors (Lipinski definition) is 0. The standard InChI is InChI=1S/C22H24N/c1-16-7-3-6-10-20(16)22-21-15-19(17-8-4-5-9-17)12-11-18(21)13-14-23(22)2/h3,6-7,10-15,17H,4-5,8-9H2,1-2H3/q+1. The predicted molar refractivity (Wildman–Crippen MR) is 96.5 cm³/mol. The summed E-state index contributed by atoms with van der Waals surface area (Å²) in [5.41, 5.74) is 5.53. The van der Waals surface area contributed by atoms with E-state index in [-0.39, 0.29) is 0 Å². The van der Waals surface area contributed by atoms with Gasteiger partial charge in [-0.25, -0.2) is 4.57 Å². The highest BCUT2D eigenvalue weighted by Gasteiger charge is 2.21. The lowest BCUT2D eigenvalue weighted by Gasteiger charge is -2.12. The molecule has 1 saturated carbocycles. The smallest absolute Gasteiger partial charge is 0.200 e. The van der Waals surface area contributed by atoms with Crippen molar-refractivity contribution in [2.75, 3.05) is 0 Å². The van der Waals surface area contributed by atoms with Crippen LogP contribution in [0.15, 0.2) is 54.7 Å². The Balaban J connectivity index is 1.96. The molecule has 0 N–H and O–H groups in total. The van der Waals surface area contributed by atoms with Crippen LogP contribution < -0.4 is 4.57 Å². The Morgan fingerprint density at radius 3 is 2.52 bits per heavy atom. The molecule has 0 radical (unpaired) electrons. The first kappa shape index (κ1) is 14.4. The van der Waals surface area contributed by atoms with E-state index in [1.165, 1.54) is 58.8 Å². The van der Waals surface area contributed by atoms with Crippen LogP contribution in [0, 0.1) is 6.92 Å². The predicted octanol–water partition coefficient (Wildman–Crippen LogP) is 5.30. The van der Waals surface area contributed by atoms with Crippen molar-refractivity contribution in [1.29, 1.82) is 0 Å². The Morgan fingerprint density at radius 1 is 0.957 bits per heavy atom. The van der Waals surface area contributed by atoms with Gasteiger partial charge in [0.2, 0.25) is 5.69 Å². The van der Waals surface area contributed by atoms with Crippen LogP contribution >= 0.6 is 0 Å². The zero-order chi connectivity index (χ0) is 15.8. The van der Waals surface area contributed by atoms with Gasteiger partial charge in [-0.15, -0.1) is 0 Å². The minimum absolute atomic E-state index is 0.759. The molecule has 2 aromatic carbocycles. The zero-order valence-electron chi connectivity index (χ0n) is 14.0. The SMILES string of the molecule is Cc1ccccc1-c1c2cc(C3CCCC3)ccc2cc[n+]1C. The van der Waals surface area contributed by atoms with Crippen molar-refractivity contribution in [2.24, 2.45) is 7.05 Å². The van der Waals surface area contributed by atoms with Gasteiger partial charge in [-0.2, -0.15) is 0 Å². The molecule has 4 rings (SSSR count). The molecule has 3 aromatic rings. The second-order valence-corrected chi connectivity index (χ2v) is 6.92. The Labute approximate surface area is 138 Å². The molecular formula is C22H24N+. The van der Waals surface area contributed by atoms with Crippen LogP contribution in [0.3, 0.4) is 0 Å². The fraction of sp³-hybridized carbons (Fsp3) is 0.318. The lowest BCUT2D eigenvalue weighted by Crippen LogP contribution is -2.30. The number of aryl methyl sites for hydroxylation is 2. The van der Waals surface area contributed by atoms with Gasteiger partial charge >= 0.3 is 0 Å². The molecule has 116 valence electrons. The third kappa shape index (κ3) is 2.55. The minimum Gasteiger partial charge on any atom is -0.200 e. The van der Waals surface area contributed by atoms with E-state index < -0.39 is 0 Å². The first-order valence-electron chi connectivity index (χ1n) is 8.72. The summed E-state index contributed by atoms with van der Waals surface area (Å²) in [6, 6.07) is 18.0. The molecule has 0 aliphatic heterocycles. The number of rotatable bonds is 2. The molecule has 1 aliphatic rings. The van der Waals surface area contributed by atoms with E-state index in [9.17, 15) is 0 Å². The average Bonchev–Trinajstić information content (AvgIpc) is 3.10. The number of hydrogen-bond donors (Lipinski definition) is 0. The number of aromatic nitrogens is 1. The van der Waals surface area contributed by atoms with Gasteiger partial charge in [-0.3, -0.25) is 0 Å². The van der Waals surface area contributed by atoms with Gasteiger partial charge in [-0.05, 0) is 54.3 Å². The van der Waals surface area contributed by atoms with Crippen molar-refractivity contribution in [3.8, 4) is 11.3 Å². The Hall–Kier alpha value is -2.15. The van der Waals surface area contributed by atoms with Crippen molar-refractivity contribution >= 4 is 10.8 Å². The van der Waals surface area contributed by atoms with Gasteiger partial charge in [0.25, 0.3) is 0 Å². The molecule has 0 saturated heterocycles. The highest BCUT2D eigenvalue weighted by molar-refractivity contribution is 5.94. The van der Waals surface area contributed by atoms with Gasteiger partial charge < -0.3 is 0 Å². The molecule has 1 aliphatic carbocycles. The second-order valence-electron chi connectivity index (χ2n) is 6.92. The van der Waals surface area contributed by atoms with Crippen molar-refractivity contribution in [1.82, 2.24) is 0 Å². The van der Waals surface area contributed by atoms with E-state index in [2.05, 4.69) is 73.3 Å². The second kappa shape index (κ2) is 5.81. The maximum atomic E-state index is 2.45. The van der Waals surface area contributed by atoms with Crippen LogP contribution in [0.1, 0.15) is 42.7 Å². The van der Waals surface area contributed by atoms with Gasteiger partial charge in [-0.1, -0.05) is 43.2 Å². The van der Waals surface area contributed by atoms with Crippen LogP contribution in [0.2, 0.25) is 0 Å². The number of fused-ring (bicyclic) bond motifs is 1. The molecule has 0 atom stereocenters. The quantitative estimate of drug-likeness (QED) is 0.566. The minimum atomic E-state index is 0.759. The summed E-state index contributed by atoms with van der Waals surface area (Å²) in [7, 11) is 2.16. The Kier molecular flexibility index (Phi) is 3.65. The van der Waals surface area contributed by atoms with Crippen LogP contribution in [0.4, 0.5) is 0 Å². The fourth-order valence-electron chi connectivity index (χ4n) is 4.07. The summed E-state index contributed by atoms with van der Waals surface area (Å²) in [6.07, 6.45) is 7.65. The highest BCUT2D eigenvalue weighted by Crippen LogP contribution is 2.36. The summed E-state index contributed by atoms with van der Waals surface area (Å²) < 4.78 is 2.27. The molecule has 0 bridgehead atoms. The first-order valence-corrected chi connectivity index (χ1v) is 8.72. The van der Waals surface area contributed by atoms with Crippen molar-refractivity contribution in [2.45, 2.75) is 38.5 Å². The lowest BCUT2D eigenvalue weighted by molar-refractivity contribution is -0.659. The summed E-state index contributed by atoms with van der Waals surface area (Å²) in [5, 5.41) is 2.72. The number of nitrogens with zero attached hydrogens (tertiary/aromatic N) is 1. The van der Waals surface area contributed by atoms with E-state index in [0.717, 1.165) is 5.92 Å². The lowest BCUT2D eigenvalue weighted by atomic mass is 9.93. The molecule has 0 spiro atoms. The fourth-order valence-corrected chi connectivity index (χ4v) is 4.07. The molecule has 1 fully saturated rings. The van der Waals surface area contributed by atoms with Gasteiger partial charge in [0, 0.05) is 11.6 Å². The molecule has 23 heavy (non-hydrogen) atoms. The van der Waals surface area contributed by atoms with E-state index in [1.807, 2.05) is 0 Å². The molecule has 0 unspecified atom stereocenters. The van der Waals surface area contributed by atoms with Crippen molar-refractivity contribution in [3.05, 3.63) is 65.9 Å². The average molecular weight is 302 g/mol. The molecule has 1 nitrogen and oxygen atoms in total. The van der Waals surface area contributed by atoms with Gasteiger partial charge in [0.05, 0.1) is 5.39 Å². The van der Waals surface area contributed by atoms with Gasteiger partial charge in [0.1, 0.15) is 7.05 Å². The van der Waals surface area contributed by atoms with Crippen molar-refractivity contribution < 1.29 is 4.57 Å². The van der Waals surface area contributed by atoms with E-state index in [4.69, 9.17) is 0 Å². The van der Waals surface area contributed by atoms with Crippen LogP contribution in [0.5, 0.6) is 0 Å². The molecule has 0 amide bonds. The normalized spacial score (nSPS) is 15.4. The summed E-state index contributed by atoms with van der Waals surface area (Å²) in [6.45, 7) is 2.20. The maximum absolute atomic E-state index is 2.45.